The third-order valence-corrected chi connectivity index (χ3v) is 2.13. The minimum absolute atomic E-state index is 0.0120. The summed E-state index contributed by atoms with van der Waals surface area (Å²) in [5.41, 5.74) is 5.51. The van der Waals surface area contributed by atoms with Crippen LogP contribution in [-0.4, -0.2) is 36.7 Å². The van der Waals surface area contributed by atoms with Gasteiger partial charge in [-0.1, -0.05) is 0 Å². The molecule has 1 rings (SSSR count). The van der Waals surface area contributed by atoms with Gasteiger partial charge in [-0.15, -0.1) is 0 Å². The van der Waals surface area contributed by atoms with Crippen LogP contribution in [0.15, 0.2) is 23.1 Å². The van der Waals surface area contributed by atoms with Crippen molar-refractivity contribution >= 4 is 11.6 Å². The molecule has 1 heterocycles. The van der Waals surface area contributed by atoms with Gasteiger partial charge in [-0.25, -0.2) is 8.78 Å². The van der Waals surface area contributed by atoms with Gasteiger partial charge in [0.05, 0.1) is 6.61 Å². The van der Waals surface area contributed by atoms with Gasteiger partial charge in [0.1, 0.15) is 13.2 Å². The van der Waals surface area contributed by atoms with Crippen LogP contribution in [0.1, 0.15) is 0 Å². The molecule has 0 aliphatic heterocycles. The highest BCUT2D eigenvalue weighted by atomic mass is 19.3. The smallest absolute Gasteiger partial charge is 0.261 e. The van der Waals surface area contributed by atoms with Gasteiger partial charge in [0.15, 0.2) is 0 Å². The van der Waals surface area contributed by atoms with Crippen molar-refractivity contribution in [3.05, 3.63) is 28.7 Å². The summed E-state index contributed by atoms with van der Waals surface area (Å²) in [5, 5.41) is 2.44. The summed E-state index contributed by atoms with van der Waals surface area (Å²) in [6.45, 7) is -0.756. The number of nitrogens with zero attached hydrogens (tertiary/aromatic N) is 1. The molecular weight excluding hydrogens is 260 g/mol. The SMILES string of the molecule is Nc1ccc(=O)n(CC(=O)NCCOCC(F)F)c1. The number of nitrogens with two attached hydrogens (primary N) is 1. The number of hydrogen-bond acceptors (Lipinski definition) is 4. The quantitative estimate of drug-likeness (QED) is 0.676. The molecule has 0 bridgehead atoms. The molecular formula is C11H15F2N3O3. The maximum Gasteiger partial charge on any atom is 0.261 e. The Balaban J connectivity index is 2.31. The Morgan fingerprint density at radius 1 is 1.47 bits per heavy atom. The first-order valence-corrected chi connectivity index (χ1v) is 5.57. The van der Waals surface area contributed by atoms with E-state index in [2.05, 4.69) is 10.1 Å². The lowest BCUT2D eigenvalue weighted by atomic mass is 10.4. The van der Waals surface area contributed by atoms with Gasteiger partial charge in [-0.2, -0.15) is 0 Å². The van der Waals surface area contributed by atoms with E-state index in [0.29, 0.717) is 5.69 Å². The van der Waals surface area contributed by atoms with E-state index in [1.165, 1.54) is 18.3 Å². The number of alkyl halides is 2. The number of pyridine rings is 1. The minimum Gasteiger partial charge on any atom is -0.398 e. The van der Waals surface area contributed by atoms with Crippen molar-refractivity contribution < 1.29 is 18.3 Å². The van der Waals surface area contributed by atoms with E-state index in [4.69, 9.17) is 5.73 Å². The Labute approximate surface area is 108 Å². The molecule has 8 heteroatoms. The zero-order valence-electron chi connectivity index (χ0n) is 10.1. The first-order valence-electron chi connectivity index (χ1n) is 5.57. The van der Waals surface area contributed by atoms with Crippen molar-refractivity contribution in [2.75, 3.05) is 25.5 Å². The fourth-order valence-corrected chi connectivity index (χ4v) is 1.32. The van der Waals surface area contributed by atoms with Gasteiger partial charge >= 0.3 is 0 Å². The topological polar surface area (TPSA) is 86.4 Å². The molecule has 19 heavy (non-hydrogen) atoms. The lowest BCUT2D eigenvalue weighted by Crippen LogP contribution is -2.34. The van der Waals surface area contributed by atoms with Crippen LogP contribution in [-0.2, 0) is 16.1 Å². The van der Waals surface area contributed by atoms with Gasteiger partial charge in [0.2, 0.25) is 5.91 Å². The van der Waals surface area contributed by atoms with Crippen LogP contribution in [0.4, 0.5) is 14.5 Å². The van der Waals surface area contributed by atoms with Crippen molar-refractivity contribution in [1.82, 2.24) is 9.88 Å². The number of carbonyl (C=O) groups is 1. The standard InChI is InChI=1S/C11H15F2N3O3/c12-9(13)7-19-4-3-15-10(17)6-16-5-8(14)1-2-11(16)18/h1-2,5,9H,3-4,6-7,14H2,(H,15,17). The molecule has 0 radical (unpaired) electrons. The number of ether oxygens (including phenoxy) is 1. The number of halogens is 2. The predicted molar refractivity (Wildman–Crippen MR) is 64.9 cm³/mol. The minimum atomic E-state index is -2.53. The van der Waals surface area contributed by atoms with Crippen molar-refractivity contribution in [2.45, 2.75) is 13.0 Å². The Morgan fingerprint density at radius 2 is 2.21 bits per heavy atom. The van der Waals surface area contributed by atoms with Crippen molar-refractivity contribution in [3.8, 4) is 0 Å². The molecule has 0 saturated carbocycles. The molecule has 1 aromatic rings. The third kappa shape index (κ3) is 5.96. The summed E-state index contributed by atoms with van der Waals surface area (Å²) in [6.07, 6.45) is -1.17. The molecule has 6 nitrogen and oxygen atoms in total. The van der Waals surface area contributed by atoms with E-state index in [0.717, 1.165) is 4.57 Å². The number of amides is 1. The fourth-order valence-electron chi connectivity index (χ4n) is 1.32. The van der Waals surface area contributed by atoms with Gasteiger partial charge in [0.25, 0.3) is 12.0 Å². The first-order chi connectivity index (χ1) is 8.99. The summed E-state index contributed by atoms with van der Waals surface area (Å²) in [5.74, 6) is -0.423. The van der Waals surface area contributed by atoms with Crippen molar-refractivity contribution in [3.63, 3.8) is 0 Å². The molecule has 0 unspecified atom stereocenters. The molecule has 1 amide bonds. The van der Waals surface area contributed by atoms with E-state index in [-0.39, 0.29) is 25.3 Å². The molecule has 106 valence electrons. The van der Waals surface area contributed by atoms with Gasteiger partial charge in [0, 0.05) is 24.5 Å². The number of nitrogens with one attached hydrogen (secondary N) is 1. The van der Waals surface area contributed by atoms with Gasteiger partial charge in [-0.05, 0) is 6.07 Å². The summed E-state index contributed by atoms with van der Waals surface area (Å²) in [4.78, 5) is 22.8. The van der Waals surface area contributed by atoms with E-state index in [1.54, 1.807) is 0 Å². The van der Waals surface area contributed by atoms with Crippen LogP contribution in [0.2, 0.25) is 0 Å². The molecule has 1 aromatic heterocycles. The van der Waals surface area contributed by atoms with Crippen LogP contribution in [0, 0.1) is 0 Å². The maximum atomic E-state index is 11.7. The van der Waals surface area contributed by atoms with Crippen LogP contribution in [0.25, 0.3) is 0 Å². The van der Waals surface area contributed by atoms with Crippen LogP contribution < -0.4 is 16.6 Å². The molecule has 0 atom stereocenters. The highest BCUT2D eigenvalue weighted by molar-refractivity contribution is 5.75. The van der Waals surface area contributed by atoms with E-state index in [9.17, 15) is 18.4 Å². The highest BCUT2D eigenvalue weighted by Crippen LogP contribution is 1.95. The summed E-state index contributed by atoms with van der Waals surface area (Å²) in [6, 6.07) is 2.70. The molecule has 0 fully saturated rings. The monoisotopic (exact) mass is 275 g/mol. The maximum absolute atomic E-state index is 11.7. The third-order valence-electron chi connectivity index (χ3n) is 2.13. The molecule has 0 saturated heterocycles. The second-order valence-electron chi connectivity index (χ2n) is 3.74. The van der Waals surface area contributed by atoms with E-state index in [1.807, 2.05) is 0 Å². The fraction of sp³-hybridized carbons (Fsp3) is 0.455. The lowest BCUT2D eigenvalue weighted by molar-refractivity contribution is -0.122. The Hall–Kier alpha value is -1.96. The molecule has 0 aliphatic rings. The Bertz CT molecular complexity index is 476. The molecule has 0 aromatic carbocycles. The highest BCUT2D eigenvalue weighted by Gasteiger charge is 2.05. The van der Waals surface area contributed by atoms with Crippen LogP contribution in [0.5, 0.6) is 0 Å². The molecule has 0 aliphatic carbocycles. The summed E-state index contributed by atoms with van der Waals surface area (Å²) in [7, 11) is 0. The zero-order chi connectivity index (χ0) is 14.3. The second kappa shape index (κ2) is 7.47. The van der Waals surface area contributed by atoms with E-state index >= 15 is 0 Å². The van der Waals surface area contributed by atoms with E-state index < -0.39 is 18.9 Å². The number of aromatic nitrogens is 1. The largest absolute Gasteiger partial charge is 0.398 e. The normalized spacial score (nSPS) is 10.7. The average Bonchev–Trinajstić information content (AvgIpc) is 2.33. The first kappa shape index (κ1) is 15.1. The van der Waals surface area contributed by atoms with Gasteiger partial charge < -0.3 is 20.4 Å². The number of carbonyl (C=O) groups excluding carboxylic acids is 1. The van der Waals surface area contributed by atoms with Gasteiger partial charge in [-0.3, -0.25) is 9.59 Å². The second-order valence-corrected chi connectivity index (χ2v) is 3.74. The Morgan fingerprint density at radius 3 is 2.89 bits per heavy atom. The number of anilines is 1. The molecule has 3 N–H and O–H groups in total. The van der Waals surface area contributed by atoms with Crippen LogP contribution >= 0.6 is 0 Å². The predicted octanol–water partition coefficient (Wildman–Crippen LogP) is -0.172. The summed E-state index contributed by atoms with van der Waals surface area (Å²) >= 11 is 0. The number of hydrogen-bond donors (Lipinski definition) is 2. The van der Waals surface area contributed by atoms with Crippen molar-refractivity contribution in [1.29, 1.82) is 0 Å². The van der Waals surface area contributed by atoms with Crippen LogP contribution in [0.3, 0.4) is 0 Å². The number of rotatable bonds is 7. The van der Waals surface area contributed by atoms with Crippen molar-refractivity contribution in [2.24, 2.45) is 0 Å². The average molecular weight is 275 g/mol. The Kier molecular flexibility index (Phi) is 5.94. The summed E-state index contributed by atoms with van der Waals surface area (Å²) < 4.78 is 29.2. The lowest BCUT2D eigenvalue weighted by Gasteiger charge is -2.08. The number of nitrogen functional groups attached to an aromatic ring is 1. The zero-order valence-corrected chi connectivity index (χ0v) is 10.1. The molecule has 0 spiro atoms.